The van der Waals surface area contributed by atoms with Gasteiger partial charge in [-0.05, 0) is 36.1 Å². The Morgan fingerprint density at radius 2 is 2.13 bits per heavy atom. The van der Waals surface area contributed by atoms with Gasteiger partial charge < -0.3 is 18.8 Å². The Hall–Kier alpha value is -2.96. The predicted octanol–water partition coefficient (Wildman–Crippen LogP) is 3.24. The summed E-state index contributed by atoms with van der Waals surface area (Å²) in [7, 11) is 0. The average Bonchev–Trinajstić information content (AvgIpc) is 2.81. The molecule has 1 atom stereocenters. The molecule has 1 saturated heterocycles. The van der Waals surface area contributed by atoms with Crippen LogP contribution in [0.15, 0.2) is 53.6 Å². The third-order valence-corrected chi connectivity index (χ3v) is 5.78. The topological polar surface area (TPSA) is 62.6 Å². The smallest absolute Gasteiger partial charge is 0.197 e. The molecular weight excluding hydrogens is 380 g/mol. The first-order valence-electron chi connectivity index (χ1n) is 10.3. The fourth-order valence-electron chi connectivity index (χ4n) is 4.20. The molecule has 3 aromatic rings. The number of aromatic nitrogens is 2. The van der Waals surface area contributed by atoms with Crippen LogP contribution in [0.2, 0.25) is 0 Å². The SMILES string of the molecule is Cc1c2n(c(OC[C@@H]3COCCO3)cc1=O)CCc1cc(-c3cccnc3)ccc1-2. The van der Waals surface area contributed by atoms with Crippen molar-refractivity contribution in [1.82, 2.24) is 9.55 Å². The van der Waals surface area contributed by atoms with Gasteiger partial charge in [0.15, 0.2) is 11.3 Å². The van der Waals surface area contributed by atoms with Crippen LogP contribution in [0.1, 0.15) is 11.1 Å². The standard InChI is InChI=1S/C24H24N2O4/c1-16-22(27)12-23(30-15-20-14-28-9-10-29-20)26-8-6-18-11-17(4-5-21(18)24(16)26)19-3-2-7-25-13-19/h2-5,7,11-13,20H,6,8-10,14-15H2,1H3/t20-/m0/s1. The number of benzene rings is 1. The van der Waals surface area contributed by atoms with Crippen LogP contribution in [-0.2, 0) is 22.4 Å². The van der Waals surface area contributed by atoms with E-state index in [0.29, 0.717) is 32.3 Å². The molecule has 2 aliphatic heterocycles. The van der Waals surface area contributed by atoms with Crippen LogP contribution < -0.4 is 10.2 Å². The largest absolute Gasteiger partial charge is 0.476 e. The summed E-state index contributed by atoms with van der Waals surface area (Å²) in [4.78, 5) is 16.9. The molecule has 0 radical (unpaired) electrons. The zero-order chi connectivity index (χ0) is 20.5. The van der Waals surface area contributed by atoms with Crippen LogP contribution in [-0.4, -0.2) is 42.1 Å². The van der Waals surface area contributed by atoms with Crippen molar-refractivity contribution in [2.75, 3.05) is 26.4 Å². The molecule has 5 rings (SSSR count). The molecule has 1 fully saturated rings. The van der Waals surface area contributed by atoms with Crippen molar-refractivity contribution in [3.8, 4) is 28.3 Å². The van der Waals surface area contributed by atoms with Crippen LogP contribution in [0.3, 0.4) is 0 Å². The highest BCUT2D eigenvalue weighted by molar-refractivity contribution is 5.75. The van der Waals surface area contributed by atoms with Gasteiger partial charge >= 0.3 is 0 Å². The van der Waals surface area contributed by atoms with Gasteiger partial charge in [-0.2, -0.15) is 0 Å². The molecule has 154 valence electrons. The zero-order valence-corrected chi connectivity index (χ0v) is 17.0. The summed E-state index contributed by atoms with van der Waals surface area (Å²) in [5.41, 5.74) is 6.23. The summed E-state index contributed by atoms with van der Waals surface area (Å²) in [6, 6.07) is 12.0. The van der Waals surface area contributed by atoms with Crippen molar-refractivity contribution >= 4 is 0 Å². The first kappa shape index (κ1) is 19.0. The van der Waals surface area contributed by atoms with Gasteiger partial charge in [-0.15, -0.1) is 0 Å². The number of fused-ring (bicyclic) bond motifs is 3. The maximum absolute atomic E-state index is 12.7. The Balaban J connectivity index is 1.51. The summed E-state index contributed by atoms with van der Waals surface area (Å²) in [6.45, 7) is 4.73. The Labute approximate surface area is 175 Å². The number of hydrogen-bond donors (Lipinski definition) is 0. The lowest BCUT2D eigenvalue weighted by Crippen LogP contribution is -2.34. The molecule has 6 heteroatoms. The van der Waals surface area contributed by atoms with E-state index < -0.39 is 0 Å². The van der Waals surface area contributed by atoms with E-state index in [0.717, 1.165) is 40.9 Å². The van der Waals surface area contributed by atoms with Crippen molar-refractivity contribution in [2.45, 2.75) is 26.0 Å². The van der Waals surface area contributed by atoms with Crippen LogP contribution in [0.5, 0.6) is 5.88 Å². The van der Waals surface area contributed by atoms with E-state index in [1.165, 1.54) is 5.56 Å². The molecular formula is C24H24N2O4. The molecule has 6 nitrogen and oxygen atoms in total. The van der Waals surface area contributed by atoms with Gasteiger partial charge in [0.2, 0.25) is 0 Å². The minimum absolute atomic E-state index is 0.0127. The second-order valence-electron chi connectivity index (χ2n) is 7.71. The maximum Gasteiger partial charge on any atom is 0.197 e. The van der Waals surface area contributed by atoms with Crippen LogP contribution in [0.25, 0.3) is 22.4 Å². The van der Waals surface area contributed by atoms with Crippen molar-refractivity contribution in [2.24, 2.45) is 0 Å². The molecule has 0 saturated carbocycles. The third kappa shape index (κ3) is 3.53. The number of ether oxygens (including phenoxy) is 3. The van der Waals surface area contributed by atoms with Crippen molar-refractivity contribution < 1.29 is 14.2 Å². The number of pyridine rings is 2. The lowest BCUT2D eigenvalue weighted by Gasteiger charge is -2.28. The monoisotopic (exact) mass is 404 g/mol. The summed E-state index contributed by atoms with van der Waals surface area (Å²) in [6.07, 6.45) is 4.42. The molecule has 0 unspecified atom stereocenters. The van der Waals surface area contributed by atoms with Gasteiger partial charge in [-0.1, -0.05) is 24.3 Å². The van der Waals surface area contributed by atoms with Crippen LogP contribution >= 0.6 is 0 Å². The minimum atomic E-state index is -0.107. The lowest BCUT2D eigenvalue weighted by molar-refractivity contribution is -0.102. The summed E-state index contributed by atoms with van der Waals surface area (Å²) in [5.74, 6) is 0.594. The molecule has 0 spiro atoms. The van der Waals surface area contributed by atoms with E-state index in [9.17, 15) is 4.79 Å². The molecule has 1 aromatic carbocycles. The zero-order valence-electron chi connectivity index (χ0n) is 17.0. The minimum Gasteiger partial charge on any atom is -0.476 e. The van der Waals surface area contributed by atoms with Gasteiger partial charge in [-0.3, -0.25) is 9.78 Å². The van der Waals surface area contributed by atoms with Crippen LogP contribution in [0, 0.1) is 6.92 Å². The number of nitrogens with zero attached hydrogens (tertiary/aromatic N) is 2. The highest BCUT2D eigenvalue weighted by atomic mass is 16.6. The summed E-state index contributed by atoms with van der Waals surface area (Å²) < 4.78 is 19.3. The van der Waals surface area contributed by atoms with Gasteiger partial charge in [0.25, 0.3) is 0 Å². The Morgan fingerprint density at radius 3 is 2.93 bits per heavy atom. The van der Waals surface area contributed by atoms with Gasteiger partial charge in [0, 0.05) is 36.1 Å². The molecule has 0 N–H and O–H groups in total. The second-order valence-corrected chi connectivity index (χ2v) is 7.71. The molecule has 0 bridgehead atoms. The third-order valence-electron chi connectivity index (χ3n) is 5.78. The van der Waals surface area contributed by atoms with Gasteiger partial charge in [-0.25, -0.2) is 0 Å². The van der Waals surface area contributed by atoms with E-state index in [-0.39, 0.29) is 11.5 Å². The Morgan fingerprint density at radius 1 is 1.20 bits per heavy atom. The highest BCUT2D eigenvalue weighted by Crippen LogP contribution is 2.36. The average molecular weight is 404 g/mol. The first-order valence-corrected chi connectivity index (χ1v) is 10.3. The molecule has 4 heterocycles. The molecule has 2 aromatic heterocycles. The lowest BCUT2D eigenvalue weighted by atomic mass is 9.91. The normalized spacial score (nSPS) is 17.8. The van der Waals surface area contributed by atoms with Gasteiger partial charge in [0.1, 0.15) is 12.7 Å². The van der Waals surface area contributed by atoms with E-state index in [1.807, 2.05) is 19.2 Å². The Kier molecular flexibility index (Phi) is 5.11. The quantitative estimate of drug-likeness (QED) is 0.668. The van der Waals surface area contributed by atoms with Crippen molar-refractivity contribution in [1.29, 1.82) is 0 Å². The molecule has 30 heavy (non-hydrogen) atoms. The van der Waals surface area contributed by atoms with E-state index >= 15 is 0 Å². The van der Waals surface area contributed by atoms with E-state index in [4.69, 9.17) is 14.2 Å². The number of aryl methyl sites for hydroxylation is 1. The van der Waals surface area contributed by atoms with Crippen molar-refractivity contribution in [3.05, 3.63) is 70.1 Å². The number of rotatable bonds is 4. The highest BCUT2D eigenvalue weighted by Gasteiger charge is 2.23. The number of hydrogen-bond acceptors (Lipinski definition) is 5. The molecule has 0 aliphatic carbocycles. The summed E-state index contributed by atoms with van der Waals surface area (Å²) in [5, 5.41) is 0. The predicted molar refractivity (Wildman–Crippen MR) is 114 cm³/mol. The molecule has 2 aliphatic rings. The van der Waals surface area contributed by atoms with E-state index in [2.05, 4.69) is 33.8 Å². The molecule has 0 amide bonds. The fourth-order valence-corrected chi connectivity index (χ4v) is 4.20. The summed E-state index contributed by atoms with van der Waals surface area (Å²) >= 11 is 0. The maximum atomic E-state index is 12.7. The first-order chi connectivity index (χ1) is 14.7. The fraction of sp³-hybridized carbons (Fsp3) is 0.333. The van der Waals surface area contributed by atoms with Crippen LogP contribution in [0.4, 0.5) is 0 Å². The van der Waals surface area contributed by atoms with E-state index in [1.54, 1.807) is 12.3 Å². The Bertz CT molecular complexity index is 1120. The van der Waals surface area contributed by atoms with Gasteiger partial charge in [0.05, 0.1) is 25.5 Å². The van der Waals surface area contributed by atoms with Crippen molar-refractivity contribution in [3.63, 3.8) is 0 Å². The second kappa shape index (κ2) is 8.05.